The van der Waals surface area contributed by atoms with Crippen molar-refractivity contribution >= 4 is 93.1 Å². The van der Waals surface area contributed by atoms with E-state index >= 15 is 0 Å². The van der Waals surface area contributed by atoms with Crippen molar-refractivity contribution in [2.75, 3.05) is 4.90 Å². The second-order valence-corrected chi connectivity index (χ2v) is 16.4. The molecule has 294 valence electrons. The molecule has 63 heavy (non-hydrogen) atoms. The average molecular weight is 803 g/mol. The van der Waals surface area contributed by atoms with E-state index in [1.54, 1.807) is 0 Å². The summed E-state index contributed by atoms with van der Waals surface area (Å²) in [6, 6.07) is 83.5. The number of fused-ring (bicyclic) bond motifs is 12. The van der Waals surface area contributed by atoms with Crippen molar-refractivity contribution < 1.29 is 4.42 Å². The van der Waals surface area contributed by atoms with Crippen molar-refractivity contribution in [1.29, 1.82) is 0 Å². The molecule has 2 aromatic heterocycles. The third-order valence-electron chi connectivity index (χ3n) is 13.0. The third kappa shape index (κ3) is 5.53. The van der Waals surface area contributed by atoms with Gasteiger partial charge >= 0.3 is 0 Å². The predicted octanol–water partition coefficient (Wildman–Crippen LogP) is 16.9. The fourth-order valence-electron chi connectivity index (χ4n) is 10.2. The van der Waals surface area contributed by atoms with Gasteiger partial charge in [-0.25, -0.2) is 0 Å². The molecule has 2 heterocycles. The molecule has 0 saturated carbocycles. The summed E-state index contributed by atoms with van der Waals surface area (Å²) in [6.07, 6.45) is 0. The van der Waals surface area contributed by atoms with Crippen LogP contribution in [0.2, 0.25) is 0 Å². The highest BCUT2D eigenvalue weighted by Gasteiger charge is 2.22. The van der Waals surface area contributed by atoms with Gasteiger partial charge < -0.3 is 13.9 Å². The van der Waals surface area contributed by atoms with Crippen molar-refractivity contribution in [3.05, 3.63) is 231 Å². The minimum absolute atomic E-state index is 0.882. The van der Waals surface area contributed by atoms with Crippen molar-refractivity contribution in [1.82, 2.24) is 4.57 Å². The predicted molar refractivity (Wildman–Crippen MR) is 266 cm³/mol. The minimum atomic E-state index is 0.882. The fraction of sp³-hybridized carbons (Fsp3) is 0. The molecule has 0 aliphatic carbocycles. The number of hydrogen-bond donors (Lipinski definition) is 0. The van der Waals surface area contributed by atoms with E-state index in [0.717, 1.165) is 61.4 Å². The molecule has 3 nitrogen and oxygen atoms in total. The van der Waals surface area contributed by atoms with Crippen LogP contribution in [-0.2, 0) is 0 Å². The van der Waals surface area contributed by atoms with Crippen LogP contribution in [0, 0.1) is 0 Å². The summed E-state index contributed by atoms with van der Waals surface area (Å²) < 4.78 is 8.79. The maximum Gasteiger partial charge on any atom is 0.136 e. The molecule has 11 aromatic carbocycles. The first-order chi connectivity index (χ1) is 31.3. The summed E-state index contributed by atoms with van der Waals surface area (Å²) in [4.78, 5) is 2.43. The van der Waals surface area contributed by atoms with Crippen LogP contribution in [0.25, 0.3) is 104 Å². The highest BCUT2D eigenvalue weighted by Crippen LogP contribution is 2.46. The summed E-state index contributed by atoms with van der Waals surface area (Å²) in [5, 5.41) is 12.3. The molecule has 0 atom stereocenters. The van der Waals surface area contributed by atoms with Crippen molar-refractivity contribution in [2.45, 2.75) is 0 Å². The summed E-state index contributed by atoms with van der Waals surface area (Å²) >= 11 is 0. The largest absolute Gasteiger partial charge is 0.456 e. The Kier molecular flexibility index (Phi) is 7.91. The SMILES string of the molecule is c1ccc(N(c2ccc(-c3ccc(-n4c5ccccc5c5ccccc54)cc3)cc2)c2ccc3c4ccccc4c4ccccc4c3c2)c(-c2cccc3oc4ccccc4c23)c1. The molecule has 13 aromatic rings. The molecule has 0 bridgehead atoms. The van der Waals surface area contributed by atoms with Gasteiger partial charge in [-0.1, -0.05) is 164 Å². The highest BCUT2D eigenvalue weighted by molar-refractivity contribution is 6.26. The molecule has 13 rings (SSSR count). The Balaban J connectivity index is 0.976. The molecule has 0 spiro atoms. The van der Waals surface area contributed by atoms with Crippen molar-refractivity contribution in [2.24, 2.45) is 0 Å². The maximum atomic E-state index is 6.41. The van der Waals surface area contributed by atoms with Crippen LogP contribution >= 0.6 is 0 Å². The Bertz CT molecular complexity index is 3820. The number of hydrogen-bond acceptors (Lipinski definition) is 2. The molecule has 0 N–H and O–H groups in total. The van der Waals surface area contributed by atoms with Crippen LogP contribution in [0.5, 0.6) is 0 Å². The lowest BCUT2D eigenvalue weighted by Gasteiger charge is -2.29. The van der Waals surface area contributed by atoms with Gasteiger partial charge in [-0.15, -0.1) is 0 Å². The van der Waals surface area contributed by atoms with E-state index in [1.165, 1.54) is 59.7 Å². The molecule has 0 amide bonds. The van der Waals surface area contributed by atoms with Crippen LogP contribution < -0.4 is 4.90 Å². The molecule has 0 aliphatic rings. The van der Waals surface area contributed by atoms with E-state index in [4.69, 9.17) is 4.42 Å². The number of anilines is 3. The number of benzene rings is 11. The van der Waals surface area contributed by atoms with Gasteiger partial charge in [0.25, 0.3) is 0 Å². The zero-order valence-corrected chi connectivity index (χ0v) is 34.2. The third-order valence-corrected chi connectivity index (χ3v) is 13.0. The van der Waals surface area contributed by atoms with Crippen LogP contribution in [0.3, 0.4) is 0 Å². The molecule has 0 aliphatic heterocycles. The zero-order chi connectivity index (χ0) is 41.4. The van der Waals surface area contributed by atoms with Crippen LogP contribution in [0.15, 0.2) is 235 Å². The second-order valence-electron chi connectivity index (χ2n) is 16.4. The number of rotatable bonds is 6. The number of nitrogens with zero attached hydrogens (tertiary/aromatic N) is 2. The molecule has 3 heteroatoms. The molecule has 0 saturated heterocycles. The first-order valence-corrected chi connectivity index (χ1v) is 21.6. The Labute approximate surface area is 363 Å². The van der Waals surface area contributed by atoms with Crippen LogP contribution in [0.1, 0.15) is 0 Å². The Morgan fingerprint density at radius 3 is 1.46 bits per heavy atom. The quantitative estimate of drug-likeness (QED) is 0.156. The molecule has 0 radical (unpaired) electrons. The second kappa shape index (κ2) is 14.1. The minimum Gasteiger partial charge on any atom is -0.456 e. The molecular weight excluding hydrogens is 765 g/mol. The van der Waals surface area contributed by atoms with E-state index in [1.807, 2.05) is 6.07 Å². The van der Waals surface area contributed by atoms with Gasteiger partial charge in [0, 0.05) is 44.2 Å². The lowest BCUT2D eigenvalue weighted by atomic mass is 9.93. The van der Waals surface area contributed by atoms with Gasteiger partial charge in [-0.3, -0.25) is 0 Å². The summed E-state index contributed by atoms with van der Waals surface area (Å²) in [6.45, 7) is 0. The van der Waals surface area contributed by atoms with Gasteiger partial charge in [0.2, 0.25) is 0 Å². The van der Waals surface area contributed by atoms with Gasteiger partial charge in [0.05, 0.1) is 16.7 Å². The first kappa shape index (κ1) is 35.4. The van der Waals surface area contributed by atoms with E-state index < -0.39 is 0 Å². The summed E-state index contributed by atoms with van der Waals surface area (Å²) in [7, 11) is 0. The van der Waals surface area contributed by atoms with Crippen molar-refractivity contribution in [3.63, 3.8) is 0 Å². The lowest BCUT2D eigenvalue weighted by Crippen LogP contribution is -2.11. The topological polar surface area (TPSA) is 21.3 Å². The number of para-hydroxylation sites is 4. The van der Waals surface area contributed by atoms with Gasteiger partial charge in [-0.05, 0) is 116 Å². The van der Waals surface area contributed by atoms with E-state index in [-0.39, 0.29) is 0 Å². The standard InChI is InChI=1S/C60H38N2O/c1-2-16-46-44(14-1)45-15-3-4-17-47(45)54-38-43(36-37-48(46)54)61(55-23-9-7-20-51(55)52-22-13-27-59-60(52)53-21-8-12-26-58(53)63-59)41-32-28-39(29-33-41)40-30-34-42(35-31-40)62-56-24-10-5-18-49(56)50-19-6-11-25-57(50)62/h1-38H. The monoisotopic (exact) mass is 802 g/mol. The van der Waals surface area contributed by atoms with E-state index in [0.29, 0.717) is 0 Å². The van der Waals surface area contributed by atoms with Gasteiger partial charge in [0.15, 0.2) is 0 Å². The first-order valence-electron chi connectivity index (χ1n) is 21.6. The van der Waals surface area contributed by atoms with E-state index in [2.05, 4.69) is 234 Å². The zero-order valence-electron chi connectivity index (χ0n) is 34.2. The normalized spacial score (nSPS) is 11.8. The highest BCUT2D eigenvalue weighted by atomic mass is 16.3. The Morgan fingerprint density at radius 2 is 0.794 bits per heavy atom. The Hall–Kier alpha value is -8.40. The fourth-order valence-corrected chi connectivity index (χ4v) is 10.2. The molecule has 0 unspecified atom stereocenters. The van der Waals surface area contributed by atoms with Crippen LogP contribution in [0.4, 0.5) is 17.1 Å². The van der Waals surface area contributed by atoms with Crippen molar-refractivity contribution in [3.8, 4) is 27.9 Å². The smallest absolute Gasteiger partial charge is 0.136 e. The van der Waals surface area contributed by atoms with Gasteiger partial charge in [-0.2, -0.15) is 0 Å². The van der Waals surface area contributed by atoms with E-state index in [9.17, 15) is 0 Å². The summed E-state index contributed by atoms with van der Waals surface area (Å²) in [5.41, 5.74) is 13.2. The van der Waals surface area contributed by atoms with Gasteiger partial charge in [0.1, 0.15) is 11.2 Å². The maximum absolute atomic E-state index is 6.41. The molecule has 0 fully saturated rings. The average Bonchev–Trinajstić information content (AvgIpc) is 3.91. The lowest BCUT2D eigenvalue weighted by molar-refractivity contribution is 0.669. The number of furan rings is 1. The van der Waals surface area contributed by atoms with Crippen LogP contribution in [-0.4, -0.2) is 4.57 Å². The summed E-state index contributed by atoms with van der Waals surface area (Å²) in [5.74, 6) is 0. The Morgan fingerprint density at radius 1 is 0.317 bits per heavy atom. The molecular formula is C60H38N2O. The number of aromatic nitrogens is 1.